The van der Waals surface area contributed by atoms with Crippen molar-refractivity contribution in [3.8, 4) is 0 Å². The quantitative estimate of drug-likeness (QED) is 0.381. The zero-order valence-electron chi connectivity index (χ0n) is 16.6. The Labute approximate surface area is 196 Å². The largest absolute Gasteiger partial charge is 0.466 e. The molecule has 0 unspecified atom stereocenters. The minimum Gasteiger partial charge on any atom is -0.466 e. The number of rotatable bonds is 5. The van der Waals surface area contributed by atoms with Crippen molar-refractivity contribution in [3.63, 3.8) is 0 Å². The SMILES string of the molecule is CCOC(=O)[C@@H]1CCCN(C(=O)c2cc3scc(Br)c3n2Cc2ccc(Br)cc2)C1. The molecule has 1 aliphatic rings. The molecule has 2 aromatic heterocycles. The van der Waals surface area contributed by atoms with Crippen LogP contribution in [0.15, 0.2) is 44.7 Å². The molecule has 1 fully saturated rings. The maximum Gasteiger partial charge on any atom is 0.310 e. The van der Waals surface area contributed by atoms with Gasteiger partial charge in [0.25, 0.3) is 5.91 Å². The first-order chi connectivity index (χ1) is 14.5. The average molecular weight is 554 g/mol. The van der Waals surface area contributed by atoms with Crippen LogP contribution < -0.4 is 0 Å². The van der Waals surface area contributed by atoms with Crippen LogP contribution in [-0.2, 0) is 16.1 Å². The highest BCUT2D eigenvalue weighted by molar-refractivity contribution is 9.11. The topological polar surface area (TPSA) is 51.5 Å². The first-order valence-electron chi connectivity index (χ1n) is 9.94. The van der Waals surface area contributed by atoms with Crippen molar-refractivity contribution in [1.82, 2.24) is 9.47 Å². The lowest BCUT2D eigenvalue weighted by Crippen LogP contribution is -2.43. The molecule has 5 nitrogen and oxygen atoms in total. The van der Waals surface area contributed by atoms with E-state index in [0.717, 1.165) is 37.6 Å². The molecular weight excluding hydrogens is 532 g/mol. The number of piperidine rings is 1. The van der Waals surface area contributed by atoms with E-state index in [-0.39, 0.29) is 17.8 Å². The van der Waals surface area contributed by atoms with Crippen LogP contribution in [0.4, 0.5) is 0 Å². The highest BCUT2D eigenvalue weighted by Crippen LogP contribution is 2.34. The standard InChI is InChI=1S/C22H22Br2N2O3S/c1-2-29-22(28)15-4-3-9-25(12-15)21(27)18-10-19-20(17(24)13-30-19)26(18)11-14-5-7-16(23)8-6-14/h5-8,10,13,15H,2-4,9,11-12H2,1H3/t15-/m1/s1. The lowest BCUT2D eigenvalue weighted by atomic mass is 9.98. The number of fused-ring (bicyclic) bond motifs is 1. The first-order valence-corrected chi connectivity index (χ1v) is 12.4. The van der Waals surface area contributed by atoms with E-state index in [1.807, 2.05) is 25.1 Å². The van der Waals surface area contributed by atoms with Crippen molar-refractivity contribution in [2.24, 2.45) is 5.92 Å². The van der Waals surface area contributed by atoms with E-state index in [0.29, 0.717) is 31.9 Å². The Morgan fingerprint density at radius 1 is 1.23 bits per heavy atom. The lowest BCUT2D eigenvalue weighted by molar-refractivity contribution is -0.149. The van der Waals surface area contributed by atoms with Crippen molar-refractivity contribution < 1.29 is 14.3 Å². The Balaban J connectivity index is 1.65. The van der Waals surface area contributed by atoms with Crippen molar-refractivity contribution in [3.05, 3.63) is 55.9 Å². The number of likely N-dealkylation sites (tertiary alicyclic amines) is 1. The molecule has 1 aliphatic heterocycles. The van der Waals surface area contributed by atoms with E-state index >= 15 is 0 Å². The number of halogens is 2. The fourth-order valence-corrected chi connectivity index (χ4v) is 5.88. The highest BCUT2D eigenvalue weighted by atomic mass is 79.9. The molecule has 0 aliphatic carbocycles. The smallest absolute Gasteiger partial charge is 0.310 e. The molecule has 0 N–H and O–H groups in total. The summed E-state index contributed by atoms with van der Waals surface area (Å²) in [4.78, 5) is 27.5. The fraction of sp³-hybridized carbons (Fsp3) is 0.364. The lowest BCUT2D eigenvalue weighted by Gasteiger charge is -2.31. The van der Waals surface area contributed by atoms with Crippen LogP contribution >= 0.6 is 43.2 Å². The van der Waals surface area contributed by atoms with Crippen molar-refractivity contribution >= 4 is 65.3 Å². The summed E-state index contributed by atoms with van der Waals surface area (Å²) < 4.78 is 10.3. The van der Waals surface area contributed by atoms with Gasteiger partial charge in [-0.1, -0.05) is 28.1 Å². The second kappa shape index (κ2) is 9.24. The van der Waals surface area contributed by atoms with Gasteiger partial charge in [-0.2, -0.15) is 0 Å². The minimum atomic E-state index is -0.245. The third-order valence-corrected chi connectivity index (χ3v) is 7.73. The van der Waals surface area contributed by atoms with Gasteiger partial charge >= 0.3 is 5.97 Å². The van der Waals surface area contributed by atoms with Gasteiger partial charge in [0.05, 0.1) is 27.2 Å². The predicted molar refractivity (Wildman–Crippen MR) is 126 cm³/mol. The van der Waals surface area contributed by atoms with Crippen LogP contribution in [0.1, 0.15) is 35.8 Å². The Bertz CT molecular complexity index is 1070. The summed E-state index contributed by atoms with van der Waals surface area (Å²) in [5.74, 6) is -0.481. The van der Waals surface area contributed by atoms with E-state index in [1.54, 1.807) is 16.2 Å². The molecule has 0 radical (unpaired) electrons. The number of hydrogen-bond acceptors (Lipinski definition) is 4. The number of ether oxygens (including phenoxy) is 1. The number of benzene rings is 1. The molecule has 0 bridgehead atoms. The normalized spacial score (nSPS) is 16.8. The van der Waals surface area contributed by atoms with Gasteiger partial charge in [-0.3, -0.25) is 9.59 Å². The number of nitrogens with zero attached hydrogens (tertiary/aromatic N) is 2. The minimum absolute atomic E-state index is 0.0311. The third kappa shape index (κ3) is 4.36. The van der Waals surface area contributed by atoms with Gasteiger partial charge in [0.2, 0.25) is 0 Å². The molecule has 30 heavy (non-hydrogen) atoms. The van der Waals surface area contributed by atoms with Crippen LogP contribution in [0.5, 0.6) is 0 Å². The Hall–Kier alpha value is -1.64. The van der Waals surface area contributed by atoms with Gasteiger partial charge < -0.3 is 14.2 Å². The summed E-state index contributed by atoms with van der Waals surface area (Å²) in [6.07, 6.45) is 1.57. The van der Waals surface area contributed by atoms with Gasteiger partial charge in [-0.25, -0.2) is 0 Å². The number of esters is 1. The van der Waals surface area contributed by atoms with E-state index < -0.39 is 0 Å². The van der Waals surface area contributed by atoms with Gasteiger partial charge in [-0.15, -0.1) is 11.3 Å². The first kappa shape index (κ1) is 21.6. The second-order valence-corrected chi connectivity index (χ2v) is 10.1. The number of amides is 1. The average Bonchev–Trinajstić information content (AvgIpc) is 3.29. The van der Waals surface area contributed by atoms with Crippen LogP contribution in [0, 0.1) is 5.92 Å². The van der Waals surface area contributed by atoms with E-state index in [9.17, 15) is 9.59 Å². The predicted octanol–water partition coefficient (Wildman–Crippen LogP) is 5.69. The van der Waals surface area contributed by atoms with E-state index in [4.69, 9.17) is 4.74 Å². The van der Waals surface area contributed by atoms with Crippen LogP contribution in [0.3, 0.4) is 0 Å². The fourth-order valence-electron chi connectivity index (χ4n) is 3.92. The van der Waals surface area contributed by atoms with Crippen LogP contribution in [0.25, 0.3) is 10.2 Å². The summed E-state index contributed by atoms with van der Waals surface area (Å²) in [5.41, 5.74) is 2.81. The molecule has 1 atom stereocenters. The zero-order chi connectivity index (χ0) is 21.3. The van der Waals surface area contributed by atoms with Crippen molar-refractivity contribution in [1.29, 1.82) is 0 Å². The summed E-state index contributed by atoms with van der Waals surface area (Å²) >= 11 is 8.74. The Morgan fingerprint density at radius 2 is 2.00 bits per heavy atom. The van der Waals surface area contributed by atoms with Gasteiger partial charge in [-0.05, 0) is 59.5 Å². The molecule has 1 saturated heterocycles. The summed E-state index contributed by atoms with van der Waals surface area (Å²) in [7, 11) is 0. The summed E-state index contributed by atoms with van der Waals surface area (Å²) in [6, 6.07) is 10.1. The third-order valence-electron chi connectivity index (χ3n) is 5.38. The summed E-state index contributed by atoms with van der Waals surface area (Å²) in [6.45, 7) is 3.85. The van der Waals surface area contributed by atoms with Crippen LogP contribution in [0.2, 0.25) is 0 Å². The zero-order valence-corrected chi connectivity index (χ0v) is 20.6. The molecule has 0 saturated carbocycles. The molecule has 1 aromatic carbocycles. The summed E-state index contributed by atoms with van der Waals surface area (Å²) in [5, 5.41) is 2.05. The molecule has 8 heteroatoms. The number of carbonyl (C=O) groups is 2. The molecular formula is C22H22Br2N2O3S. The monoisotopic (exact) mass is 552 g/mol. The van der Waals surface area contributed by atoms with Gasteiger partial charge in [0.15, 0.2) is 0 Å². The maximum absolute atomic E-state index is 13.5. The Kier molecular flexibility index (Phi) is 6.65. The molecule has 3 aromatic rings. The Morgan fingerprint density at radius 3 is 2.73 bits per heavy atom. The number of aromatic nitrogens is 1. The molecule has 0 spiro atoms. The molecule has 3 heterocycles. The highest BCUT2D eigenvalue weighted by Gasteiger charge is 2.31. The van der Waals surface area contributed by atoms with E-state index in [1.165, 1.54) is 0 Å². The van der Waals surface area contributed by atoms with Crippen molar-refractivity contribution in [2.75, 3.05) is 19.7 Å². The molecule has 4 rings (SSSR count). The van der Waals surface area contributed by atoms with Gasteiger partial charge in [0, 0.05) is 29.5 Å². The van der Waals surface area contributed by atoms with E-state index in [2.05, 4.69) is 53.9 Å². The maximum atomic E-state index is 13.5. The van der Waals surface area contributed by atoms with Crippen LogP contribution in [-0.4, -0.2) is 41.0 Å². The number of thiophene rings is 1. The number of hydrogen-bond donors (Lipinski definition) is 0. The van der Waals surface area contributed by atoms with Crippen molar-refractivity contribution in [2.45, 2.75) is 26.3 Å². The second-order valence-electron chi connectivity index (χ2n) is 7.38. The van der Waals surface area contributed by atoms with Gasteiger partial charge in [0.1, 0.15) is 5.69 Å². The molecule has 1 amide bonds. The molecule has 158 valence electrons. The number of carbonyl (C=O) groups excluding carboxylic acids is 2.